The molecule has 1 aliphatic rings. The van der Waals surface area contributed by atoms with E-state index in [2.05, 4.69) is 15.5 Å². The molecular weight excluding hydrogens is 456 g/mol. The normalized spacial score (nSPS) is 13.6. The lowest BCUT2D eigenvalue weighted by Gasteiger charge is -2.26. The smallest absolute Gasteiger partial charge is 0.326 e. The van der Waals surface area contributed by atoms with Gasteiger partial charge in [0.15, 0.2) is 0 Å². The minimum atomic E-state index is -0.299. The van der Waals surface area contributed by atoms with Crippen LogP contribution in [0.2, 0.25) is 0 Å². The van der Waals surface area contributed by atoms with Crippen molar-refractivity contribution < 1.29 is 19.1 Å². The third-order valence-corrected chi connectivity index (χ3v) is 5.93. The highest BCUT2D eigenvalue weighted by Crippen LogP contribution is 2.24. The van der Waals surface area contributed by atoms with E-state index < -0.39 is 0 Å². The molecule has 3 aromatic rings. The number of morpholine rings is 1. The summed E-state index contributed by atoms with van der Waals surface area (Å²) in [5.41, 5.74) is 1.85. The monoisotopic (exact) mass is 488 g/mol. The Bertz CT molecular complexity index is 1130. The second-order valence-electron chi connectivity index (χ2n) is 8.54. The van der Waals surface area contributed by atoms with Crippen LogP contribution in [0.25, 0.3) is 0 Å². The van der Waals surface area contributed by atoms with Gasteiger partial charge in [-0.15, -0.1) is 0 Å². The molecule has 1 aliphatic heterocycles. The average Bonchev–Trinajstić information content (AvgIpc) is 2.92. The molecule has 4 rings (SSSR count). The standard InChI is InChI=1S/C28H32N4O4/c1-31(28(34)30-23-7-5-10-26(21-23)36-25-8-3-2-4-9-25)24-13-11-22(12-14-24)27(33)29-15-6-16-32-17-19-35-20-18-32/h2-5,7-14,21H,6,15-20H2,1H3,(H,29,33)(H,30,34). The molecule has 8 nitrogen and oxygen atoms in total. The number of nitrogens with zero attached hydrogens (tertiary/aromatic N) is 2. The van der Waals surface area contributed by atoms with E-state index in [0.29, 0.717) is 29.2 Å². The van der Waals surface area contributed by atoms with E-state index in [9.17, 15) is 9.59 Å². The Morgan fingerprint density at radius 2 is 1.67 bits per heavy atom. The largest absolute Gasteiger partial charge is 0.457 e. The van der Waals surface area contributed by atoms with Gasteiger partial charge in [-0.25, -0.2) is 4.79 Å². The predicted molar refractivity (Wildman–Crippen MR) is 141 cm³/mol. The molecule has 0 aromatic heterocycles. The van der Waals surface area contributed by atoms with Crippen LogP contribution in [-0.4, -0.2) is 63.3 Å². The predicted octanol–water partition coefficient (Wildman–Crippen LogP) is 4.60. The summed E-state index contributed by atoms with van der Waals surface area (Å²) in [6.45, 7) is 5.02. The van der Waals surface area contributed by atoms with Crippen LogP contribution in [0.15, 0.2) is 78.9 Å². The number of para-hydroxylation sites is 1. The summed E-state index contributed by atoms with van der Waals surface area (Å²) in [6, 6.07) is 23.4. The quantitative estimate of drug-likeness (QED) is 0.430. The van der Waals surface area contributed by atoms with Crippen molar-refractivity contribution in [2.45, 2.75) is 6.42 Å². The number of hydrogen-bond acceptors (Lipinski definition) is 5. The van der Waals surface area contributed by atoms with E-state index in [-0.39, 0.29) is 11.9 Å². The van der Waals surface area contributed by atoms with E-state index in [0.717, 1.165) is 45.0 Å². The Morgan fingerprint density at radius 1 is 0.944 bits per heavy atom. The van der Waals surface area contributed by atoms with Gasteiger partial charge in [0.1, 0.15) is 11.5 Å². The molecule has 3 amide bonds. The Morgan fingerprint density at radius 3 is 2.42 bits per heavy atom. The first kappa shape index (κ1) is 25.2. The molecule has 0 bridgehead atoms. The van der Waals surface area contributed by atoms with Gasteiger partial charge in [-0.3, -0.25) is 14.6 Å². The molecule has 1 saturated heterocycles. The molecule has 188 valence electrons. The van der Waals surface area contributed by atoms with Crippen molar-refractivity contribution in [1.82, 2.24) is 10.2 Å². The van der Waals surface area contributed by atoms with Crippen LogP contribution in [0, 0.1) is 0 Å². The van der Waals surface area contributed by atoms with Crippen LogP contribution >= 0.6 is 0 Å². The Hall–Kier alpha value is -3.88. The summed E-state index contributed by atoms with van der Waals surface area (Å²) in [5, 5.41) is 5.84. The maximum absolute atomic E-state index is 12.8. The van der Waals surface area contributed by atoms with Gasteiger partial charge in [0.05, 0.1) is 13.2 Å². The average molecular weight is 489 g/mol. The summed E-state index contributed by atoms with van der Waals surface area (Å²) in [6.07, 6.45) is 0.893. The molecule has 36 heavy (non-hydrogen) atoms. The molecule has 0 aliphatic carbocycles. The molecule has 0 unspecified atom stereocenters. The summed E-state index contributed by atoms with van der Waals surface area (Å²) < 4.78 is 11.2. The summed E-state index contributed by atoms with van der Waals surface area (Å²) >= 11 is 0. The fourth-order valence-corrected chi connectivity index (χ4v) is 3.85. The minimum absolute atomic E-state index is 0.120. The van der Waals surface area contributed by atoms with Crippen molar-refractivity contribution in [3.8, 4) is 11.5 Å². The van der Waals surface area contributed by atoms with E-state index in [1.54, 1.807) is 43.4 Å². The highest BCUT2D eigenvalue weighted by Gasteiger charge is 2.14. The highest BCUT2D eigenvalue weighted by molar-refractivity contribution is 6.02. The molecule has 0 atom stereocenters. The van der Waals surface area contributed by atoms with Crippen molar-refractivity contribution in [1.29, 1.82) is 0 Å². The lowest BCUT2D eigenvalue weighted by atomic mass is 10.2. The zero-order valence-corrected chi connectivity index (χ0v) is 20.5. The summed E-state index contributed by atoms with van der Waals surface area (Å²) in [4.78, 5) is 29.1. The van der Waals surface area contributed by atoms with Crippen LogP contribution in [0.1, 0.15) is 16.8 Å². The van der Waals surface area contributed by atoms with Gasteiger partial charge < -0.3 is 20.1 Å². The van der Waals surface area contributed by atoms with E-state index in [4.69, 9.17) is 9.47 Å². The first-order valence-electron chi connectivity index (χ1n) is 12.1. The SMILES string of the molecule is CN(C(=O)Nc1cccc(Oc2ccccc2)c1)c1ccc(C(=O)NCCCN2CCOCC2)cc1. The van der Waals surface area contributed by atoms with Crippen molar-refractivity contribution in [3.05, 3.63) is 84.4 Å². The fourth-order valence-electron chi connectivity index (χ4n) is 3.85. The number of hydrogen-bond donors (Lipinski definition) is 2. The number of anilines is 2. The van der Waals surface area contributed by atoms with Gasteiger partial charge in [0, 0.05) is 49.7 Å². The fraction of sp³-hybridized carbons (Fsp3) is 0.286. The van der Waals surface area contributed by atoms with Gasteiger partial charge >= 0.3 is 6.03 Å². The molecule has 0 saturated carbocycles. The third kappa shape index (κ3) is 7.31. The van der Waals surface area contributed by atoms with Crippen LogP contribution in [0.3, 0.4) is 0 Å². The van der Waals surface area contributed by atoms with Gasteiger partial charge in [-0.05, 0) is 61.5 Å². The number of ether oxygens (including phenoxy) is 2. The zero-order valence-electron chi connectivity index (χ0n) is 20.5. The lowest BCUT2D eigenvalue weighted by Crippen LogP contribution is -2.38. The topological polar surface area (TPSA) is 83.1 Å². The Balaban J connectivity index is 1.25. The molecule has 8 heteroatoms. The summed E-state index contributed by atoms with van der Waals surface area (Å²) in [5.74, 6) is 1.23. The first-order chi connectivity index (χ1) is 17.6. The van der Waals surface area contributed by atoms with Crippen LogP contribution < -0.4 is 20.3 Å². The van der Waals surface area contributed by atoms with Crippen molar-refractivity contribution in [2.75, 3.05) is 56.7 Å². The highest BCUT2D eigenvalue weighted by atomic mass is 16.5. The minimum Gasteiger partial charge on any atom is -0.457 e. The second kappa shape index (κ2) is 12.7. The number of carbonyl (C=O) groups excluding carboxylic acids is 2. The number of nitrogens with one attached hydrogen (secondary N) is 2. The van der Waals surface area contributed by atoms with Gasteiger partial charge in [0.25, 0.3) is 5.91 Å². The van der Waals surface area contributed by atoms with E-state index in [1.807, 2.05) is 42.5 Å². The van der Waals surface area contributed by atoms with Crippen LogP contribution in [0.4, 0.5) is 16.2 Å². The molecule has 3 aromatic carbocycles. The molecule has 0 radical (unpaired) electrons. The molecule has 0 spiro atoms. The molecule has 1 heterocycles. The maximum atomic E-state index is 12.8. The number of carbonyl (C=O) groups is 2. The second-order valence-corrected chi connectivity index (χ2v) is 8.54. The number of rotatable bonds is 9. The van der Waals surface area contributed by atoms with Crippen molar-refractivity contribution in [2.24, 2.45) is 0 Å². The lowest BCUT2D eigenvalue weighted by molar-refractivity contribution is 0.0374. The Kier molecular flexibility index (Phi) is 8.91. The van der Waals surface area contributed by atoms with Gasteiger partial charge in [-0.1, -0.05) is 24.3 Å². The number of urea groups is 1. The molecule has 1 fully saturated rings. The van der Waals surface area contributed by atoms with E-state index in [1.165, 1.54) is 4.90 Å². The van der Waals surface area contributed by atoms with Crippen LogP contribution in [-0.2, 0) is 4.74 Å². The molecule has 2 N–H and O–H groups in total. The number of amides is 3. The van der Waals surface area contributed by atoms with Gasteiger partial charge in [-0.2, -0.15) is 0 Å². The van der Waals surface area contributed by atoms with Crippen molar-refractivity contribution in [3.63, 3.8) is 0 Å². The van der Waals surface area contributed by atoms with E-state index >= 15 is 0 Å². The van der Waals surface area contributed by atoms with Crippen molar-refractivity contribution >= 4 is 23.3 Å². The number of benzene rings is 3. The third-order valence-electron chi connectivity index (χ3n) is 5.93. The Labute approximate surface area is 211 Å². The maximum Gasteiger partial charge on any atom is 0.326 e. The van der Waals surface area contributed by atoms with Gasteiger partial charge in [0.2, 0.25) is 0 Å². The first-order valence-corrected chi connectivity index (χ1v) is 12.1. The molecular formula is C28H32N4O4. The zero-order chi connectivity index (χ0) is 25.2. The van der Waals surface area contributed by atoms with Crippen LogP contribution in [0.5, 0.6) is 11.5 Å². The summed E-state index contributed by atoms with van der Waals surface area (Å²) in [7, 11) is 1.68.